The molecule has 0 aliphatic heterocycles. The van der Waals surface area contributed by atoms with E-state index in [4.69, 9.17) is 0 Å². The van der Waals surface area contributed by atoms with Crippen LogP contribution in [0.5, 0.6) is 0 Å². The van der Waals surface area contributed by atoms with Gasteiger partial charge in [-0.1, -0.05) is 175 Å². The molecule has 169 valence electrons. The molecule has 1 radical (unpaired) electrons. The molecule has 28 heavy (non-hydrogen) atoms. The predicted octanol–water partition coefficient (Wildman–Crippen LogP) is 10.8. The van der Waals surface area contributed by atoms with E-state index in [0.717, 1.165) is 12.3 Å². The van der Waals surface area contributed by atoms with Gasteiger partial charge in [0, 0.05) is 0 Å². The Morgan fingerprint density at radius 2 is 0.714 bits per heavy atom. The maximum atomic E-state index is 3.91. The van der Waals surface area contributed by atoms with Crippen LogP contribution in [0.25, 0.3) is 0 Å². The van der Waals surface area contributed by atoms with Crippen LogP contribution in [0.2, 0.25) is 0 Å². The van der Waals surface area contributed by atoms with Gasteiger partial charge in [0.15, 0.2) is 0 Å². The fraction of sp³-hybridized carbons (Fsp3) is 0.964. The topological polar surface area (TPSA) is 0 Å². The van der Waals surface area contributed by atoms with Crippen LogP contribution in [0.1, 0.15) is 168 Å². The summed E-state index contributed by atoms with van der Waals surface area (Å²) in [6, 6.07) is 0. The van der Waals surface area contributed by atoms with Crippen LogP contribution in [0.15, 0.2) is 0 Å². The van der Waals surface area contributed by atoms with Gasteiger partial charge < -0.3 is 0 Å². The summed E-state index contributed by atoms with van der Waals surface area (Å²) >= 11 is 0. The number of hydrogen-bond donors (Lipinski definition) is 0. The highest BCUT2D eigenvalue weighted by molar-refractivity contribution is 4.54. The average Bonchev–Trinajstić information content (AvgIpc) is 2.69. The van der Waals surface area contributed by atoms with Gasteiger partial charge in [0.1, 0.15) is 0 Å². The highest BCUT2D eigenvalue weighted by Crippen LogP contribution is 2.17. The molecule has 0 aromatic rings. The lowest BCUT2D eigenvalue weighted by atomic mass is 9.98. The molecule has 0 nitrogen and oxygen atoms in total. The molecular formula is C28H57. The SMILES string of the molecule is [CH2]CCCCCCCCCCCCCCCCCCCCCCC(C)CCC. The molecule has 0 aliphatic rings. The summed E-state index contributed by atoms with van der Waals surface area (Å²) in [7, 11) is 0. The number of unbranched alkanes of at least 4 members (excludes halogenated alkanes) is 20. The minimum Gasteiger partial charge on any atom is -0.0654 e. The molecule has 0 amide bonds. The van der Waals surface area contributed by atoms with Crippen molar-refractivity contribution in [2.24, 2.45) is 5.92 Å². The van der Waals surface area contributed by atoms with Crippen molar-refractivity contribution in [1.29, 1.82) is 0 Å². The van der Waals surface area contributed by atoms with Crippen LogP contribution in [0, 0.1) is 12.8 Å². The van der Waals surface area contributed by atoms with Crippen molar-refractivity contribution in [3.05, 3.63) is 6.92 Å². The molecule has 0 saturated heterocycles. The highest BCUT2D eigenvalue weighted by atomic mass is 14.1. The third-order valence-electron chi connectivity index (χ3n) is 6.48. The van der Waals surface area contributed by atoms with Gasteiger partial charge in [0.2, 0.25) is 0 Å². The Labute approximate surface area is 181 Å². The van der Waals surface area contributed by atoms with E-state index in [9.17, 15) is 0 Å². The van der Waals surface area contributed by atoms with E-state index >= 15 is 0 Å². The van der Waals surface area contributed by atoms with Crippen molar-refractivity contribution in [2.75, 3.05) is 0 Å². The Kier molecular flexibility index (Phi) is 25.0. The quantitative estimate of drug-likeness (QED) is 0.143. The number of rotatable bonds is 24. The molecule has 1 atom stereocenters. The highest BCUT2D eigenvalue weighted by Gasteiger charge is 2.00. The van der Waals surface area contributed by atoms with Gasteiger partial charge in [-0.2, -0.15) is 0 Å². The van der Waals surface area contributed by atoms with E-state index in [1.165, 1.54) is 148 Å². The molecule has 1 unspecified atom stereocenters. The summed E-state index contributed by atoms with van der Waals surface area (Å²) in [6.45, 7) is 8.66. The summed E-state index contributed by atoms with van der Waals surface area (Å²) < 4.78 is 0. The van der Waals surface area contributed by atoms with E-state index in [0.29, 0.717) is 0 Å². The van der Waals surface area contributed by atoms with Crippen LogP contribution >= 0.6 is 0 Å². The molecule has 0 fully saturated rings. The largest absolute Gasteiger partial charge is 0.0654 e. The van der Waals surface area contributed by atoms with Gasteiger partial charge in [-0.15, -0.1) is 0 Å². The summed E-state index contributed by atoms with van der Waals surface area (Å²) in [5.41, 5.74) is 0. The van der Waals surface area contributed by atoms with Crippen molar-refractivity contribution in [3.8, 4) is 0 Å². The molecular weight excluding hydrogens is 336 g/mol. The second-order valence-corrected chi connectivity index (χ2v) is 9.61. The summed E-state index contributed by atoms with van der Waals surface area (Å²) in [6.07, 6.45) is 34.7. The number of hydrogen-bond acceptors (Lipinski definition) is 0. The van der Waals surface area contributed by atoms with Gasteiger partial charge in [-0.25, -0.2) is 0 Å². The molecule has 0 spiro atoms. The van der Waals surface area contributed by atoms with Gasteiger partial charge in [0.05, 0.1) is 0 Å². The fourth-order valence-corrected chi connectivity index (χ4v) is 4.49. The van der Waals surface area contributed by atoms with Gasteiger partial charge in [0.25, 0.3) is 0 Å². The van der Waals surface area contributed by atoms with Gasteiger partial charge in [-0.3, -0.25) is 0 Å². The van der Waals surface area contributed by atoms with E-state index in [2.05, 4.69) is 20.8 Å². The Hall–Kier alpha value is 0. The summed E-state index contributed by atoms with van der Waals surface area (Å²) in [4.78, 5) is 0. The Morgan fingerprint density at radius 3 is 1.00 bits per heavy atom. The maximum absolute atomic E-state index is 3.91. The molecule has 0 aliphatic carbocycles. The zero-order valence-electron chi connectivity index (χ0n) is 20.3. The minimum absolute atomic E-state index is 0.962. The smallest absolute Gasteiger partial charge is 0.0443 e. The Bertz CT molecular complexity index is 257. The first-order valence-corrected chi connectivity index (χ1v) is 13.6. The first-order chi connectivity index (χ1) is 13.8. The predicted molar refractivity (Wildman–Crippen MR) is 131 cm³/mol. The molecule has 0 aromatic heterocycles. The van der Waals surface area contributed by atoms with Gasteiger partial charge in [-0.05, 0) is 5.92 Å². The van der Waals surface area contributed by atoms with E-state index < -0.39 is 0 Å². The van der Waals surface area contributed by atoms with Crippen molar-refractivity contribution >= 4 is 0 Å². The standard InChI is InChI=1S/C28H57/c1-4-6-7-8-9-10-11-12-13-14-15-16-17-18-19-20-21-22-23-24-25-27-28(3)26-5-2/h28H,1,4-27H2,2-3H3. The molecule has 0 aromatic carbocycles. The molecule has 0 heteroatoms. The van der Waals surface area contributed by atoms with Crippen LogP contribution in [0.3, 0.4) is 0 Å². The van der Waals surface area contributed by atoms with Crippen molar-refractivity contribution in [2.45, 2.75) is 168 Å². The lowest BCUT2D eigenvalue weighted by Crippen LogP contribution is -1.93. The van der Waals surface area contributed by atoms with E-state index in [1.807, 2.05) is 0 Å². The van der Waals surface area contributed by atoms with Crippen molar-refractivity contribution < 1.29 is 0 Å². The van der Waals surface area contributed by atoms with Crippen LogP contribution < -0.4 is 0 Å². The van der Waals surface area contributed by atoms with Crippen molar-refractivity contribution in [1.82, 2.24) is 0 Å². The molecule has 0 saturated carbocycles. The summed E-state index contributed by atoms with van der Waals surface area (Å²) in [5, 5.41) is 0. The van der Waals surface area contributed by atoms with Gasteiger partial charge >= 0.3 is 0 Å². The van der Waals surface area contributed by atoms with E-state index in [1.54, 1.807) is 0 Å². The zero-order chi connectivity index (χ0) is 20.5. The first-order valence-electron chi connectivity index (χ1n) is 13.6. The minimum atomic E-state index is 0.962. The lowest BCUT2D eigenvalue weighted by molar-refractivity contribution is 0.449. The second kappa shape index (κ2) is 25.0. The normalized spacial score (nSPS) is 12.5. The van der Waals surface area contributed by atoms with Crippen LogP contribution in [0.4, 0.5) is 0 Å². The third-order valence-corrected chi connectivity index (χ3v) is 6.48. The van der Waals surface area contributed by atoms with E-state index in [-0.39, 0.29) is 0 Å². The van der Waals surface area contributed by atoms with Crippen LogP contribution in [-0.4, -0.2) is 0 Å². The molecule has 0 heterocycles. The fourth-order valence-electron chi connectivity index (χ4n) is 4.49. The second-order valence-electron chi connectivity index (χ2n) is 9.61. The molecule has 0 bridgehead atoms. The third kappa shape index (κ3) is 24.0. The maximum Gasteiger partial charge on any atom is -0.0443 e. The molecule has 0 rings (SSSR count). The van der Waals surface area contributed by atoms with Crippen molar-refractivity contribution in [3.63, 3.8) is 0 Å². The zero-order valence-corrected chi connectivity index (χ0v) is 20.3. The first kappa shape index (κ1) is 28.0. The Morgan fingerprint density at radius 1 is 0.429 bits per heavy atom. The lowest BCUT2D eigenvalue weighted by Gasteiger charge is -2.09. The van der Waals surface area contributed by atoms with Crippen LogP contribution in [-0.2, 0) is 0 Å². The monoisotopic (exact) mass is 393 g/mol. The summed E-state index contributed by atoms with van der Waals surface area (Å²) in [5.74, 6) is 0.962. The average molecular weight is 394 g/mol. The molecule has 0 N–H and O–H groups in total. The Balaban J connectivity index is 3.01.